The van der Waals surface area contributed by atoms with Crippen LogP contribution < -0.4 is 10.6 Å². The van der Waals surface area contributed by atoms with Gasteiger partial charge in [-0.25, -0.2) is 9.98 Å². The molecule has 0 spiro atoms. The van der Waals surface area contributed by atoms with Crippen LogP contribution in [0.15, 0.2) is 184 Å². The summed E-state index contributed by atoms with van der Waals surface area (Å²) < 4.78 is 9.52. The molecule has 5 heteroatoms. The lowest BCUT2D eigenvalue weighted by molar-refractivity contribution is 0.552. The first-order valence-electron chi connectivity index (χ1n) is 23.7. The number of amidine groups is 2. The normalized spacial score (nSPS) is 20.4. The fourth-order valence-corrected chi connectivity index (χ4v) is 12.4. The predicted octanol–water partition coefficient (Wildman–Crippen LogP) is 13.2. The van der Waals surface area contributed by atoms with Gasteiger partial charge in [0.15, 0.2) is 5.84 Å². The molecular formula is C62H48N4O. The van der Waals surface area contributed by atoms with Gasteiger partial charge in [0.2, 0.25) is 0 Å². The van der Waals surface area contributed by atoms with Crippen LogP contribution in [-0.2, 0) is 10.8 Å². The summed E-state index contributed by atoms with van der Waals surface area (Å²) in [5, 5.41) is 4.44. The van der Waals surface area contributed by atoms with Gasteiger partial charge in [-0.05, 0) is 111 Å². The van der Waals surface area contributed by atoms with Crippen molar-refractivity contribution in [3.05, 3.63) is 213 Å². The fourth-order valence-electron chi connectivity index (χ4n) is 12.4. The zero-order valence-corrected chi connectivity index (χ0v) is 38.6. The van der Waals surface area contributed by atoms with Gasteiger partial charge in [-0.1, -0.05) is 156 Å². The van der Waals surface area contributed by atoms with E-state index in [0.29, 0.717) is 5.84 Å². The maximum Gasteiger partial charge on any atom is 0.164 e. The molecule has 2 aliphatic heterocycles. The Morgan fingerprint density at radius 3 is 2.04 bits per heavy atom. The summed E-state index contributed by atoms with van der Waals surface area (Å²) in [6, 6.07) is 55.3. The summed E-state index contributed by atoms with van der Waals surface area (Å²) in [6.45, 7) is 11.7. The Labute approximate surface area is 389 Å². The van der Waals surface area contributed by atoms with E-state index in [1.165, 1.54) is 66.3 Å². The summed E-state index contributed by atoms with van der Waals surface area (Å²) >= 11 is 0. The van der Waals surface area contributed by atoms with E-state index >= 15 is 0 Å². The topological polar surface area (TPSA) is 46.0 Å². The second-order valence-electron chi connectivity index (χ2n) is 20.2. The molecule has 1 unspecified atom stereocenters. The van der Waals surface area contributed by atoms with Crippen molar-refractivity contribution in [2.45, 2.75) is 51.9 Å². The van der Waals surface area contributed by atoms with E-state index in [2.05, 4.69) is 221 Å². The molecule has 0 fully saturated rings. The van der Waals surface area contributed by atoms with Crippen LogP contribution in [-0.4, -0.2) is 28.2 Å². The standard InChI is InChI=1S/C62H48N4O/c1-7-62-33-45-49(34-62)61(4,5)48-25-16-22-42(55(45)48)58-63-57(41-21-15-24-47-54(41)40-20-11-13-23-46(40)60(47,2)3)64-59(65(58)6)56-44-32-37(28-30-52(44)67-53(56)35-62)36-27-29-51-43(31-36)39-19-12-14-26-50(39)66(51)38-17-9-8-10-18-38/h8-35H,7H2,1-6H3/b53-35+,59-56-. The van der Waals surface area contributed by atoms with Gasteiger partial charge in [0.25, 0.3) is 0 Å². The predicted molar refractivity (Wildman–Crippen MR) is 276 cm³/mol. The molecule has 7 aromatic carbocycles. The van der Waals surface area contributed by atoms with Gasteiger partial charge in [0.05, 0.1) is 16.3 Å². The Bertz CT molecular complexity index is 3980. The van der Waals surface area contributed by atoms with Gasteiger partial charge >= 0.3 is 0 Å². The number of rotatable bonds is 4. The van der Waals surface area contributed by atoms with Crippen molar-refractivity contribution in [2.24, 2.45) is 15.4 Å². The molecule has 5 nitrogen and oxygen atoms in total. The number of furan rings is 1. The highest BCUT2D eigenvalue weighted by Crippen LogP contribution is 2.58. The van der Waals surface area contributed by atoms with Gasteiger partial charge in [0, 0.05) is 56.3 Å². The summed E-state index contributed by atoms with van der Waals surface area (Å²) in [6.07, 6.45) is 8.30. The summed E-state index contributed by atoms with van der Waals surface area (Å²) in [5.74, 6) is 2.41. The van der Waals surface area contributed by atoms with E-state index in [1.54, 1.807) is 0 Å². The van der Waals surface area contributed by atoms with E-state index in [-0.39, 0.29) is 16.2 Å². The first-order chi connectivity index (χ1) is 32.5. The molecule has 5 aliphatic rings. The first kappa shape index (κ1) is 38.5. The lowest BCUT2D eigenvalue weighted by atomic mass is 9.79. The summed E-state index contributed by atoms with van der Waals surface area (Å²) in [7, 11) is 2.14. The molecule has 322 valence electrons. The number of hydrogen-bond donors (Lipinski definition) is 0. The lowest BCUT2D eigenvalue weighted by Crippen LogP contribution is -2.38. The number of fused-ring (bicyclic) bond motifs is 13. The van der Waals surface area contributed by atoms with Crippen molar-refractivity contribution < 1.29 is 4.42 Å². The van der Waals surface area contributed by atoms with Crippen LogP contribution in [0.4, 0.5) is 0 Å². The second-order valence-corrected chi connectivity index (χ2v) is 20.2. The molecule has 14 rings (SSSR count). The van der Waals surface area contributed by atoms with Crippen molar-refractivity contribution in [1.82, 2.24) is 9.47 Å². The smallest absolute Gasteiger partial charge is 0.164 e. The van der Waals surface area contributed by atoms with Gasteiger partial charge in [-0.15, -0.1) is 0 Å². The first-order valence-corrected chi connectivity index (χ1v) is 23.7. The highest BCUT2D eigenvalue weighted by molar-refractivity contribution is 6.21. The monoisotopic (exact) mass is 864 g/mol. The molecule has 1 atom stereocenters. The molecule has 4 heterocycles. The van der Waals surface area contributed by atoms with Crippen LogP contribution in [0.5, 0.6) is 0 Å². The third-order valence-electron chi connectivity index (χ3n) is 15.9. The van der Waals surface area contributed by atoms with Crippen LogP contribution in [0.2, 0.25) is 0 Å². The van der Waals surface area contributed by atoms with E-state index in [0.717, 1.165) is 67.6 Å². The highest BCUT2D eigenvalue weighted by Gasteiger charge is 2.47. The van der Waals surface area contributed by atoms with Crippen molar-refractivity contribution >= 4 is 61.9 Å². The molecule has 3 aliphatic carbocycles. The molecule has 0 N–H and O–H groups in total. The molecule has 9 aromatic rings. The van der Waals surface area contributed by atoms with E-state index in [1.807, 2.05) is 0 Å². The lowest BCUT2D eigenvalue weighted by Gasteiger charge is -2.28. The van der Waals surface area contributed by atoms with Gasteiger partial charge in [0.1, 0.15) is 22.7 Å². The maximum atomic E-state index is 7.15. The Kier molecular flexibility index (Phi) is 7.58. The van der Waals surface area contributed by atoms with E-state index in [9.17, 15) is 0 Å². The Hall–Kier alpha value is -7.76. The number of allylic oxidation sites excluding steroid dienone is 4. The van der Waals surface area contributed by atoms with Crippen molar-refractivity contribution in [2.75, 3.05) is 7.05 Å². The van der Waals surface area contributed by atoms with Crippen molar-refractivity contribution in [3.63, 3.8) is 0 Å². The van der Waals surface area contributed by atoms with Crippen LogP contribution in [0, 0.1) is 5.41 Å². The van der Waals surface area contributed by atoms with E-state index in [4.69, 9.17) is 14.4 Å². The quantitative estimate of drug-likeness (QED) is 0.177. The summed E-state index contributed by atoms with van der Waals surface area (Å²) in [4.78, 5) is 13.6. The number of para-hydroxylation sites is 2. The highest BCUT2D eigenvalue weighted by atomic mass is 16.3. The molecule has 4 bridgehead atoms. The number of aliphatic imine (C=N–C) groups is 2. The van der Waals surface area contributed by atoms with Crippen molar-refractivity contribution in [1.29, 1.82) is 0 Å². The van der Waals surface area contributed by atoms with Crippen molar-refractivity contribution in [3.8, 4) is 27.9 Å². The second kappa shape index (κ2) is 13.2. The zero-order chi connectivity index (χ0) is 45.1. The summed E-state index contributed by atoms with van der Waals surface area (Å²) in [5.41, 5.74) is 19.2. The number of hydrogen-bond acceptors (Lipinski definition) is 4. The third kappa shape index (κ3) is 5.09. The maximum absolute atomic E-state index is 7.15. The fraction of sp³-hybridized carbons (Fsp3) is 0.161. The minimum atomic E-state index is -0.363. The molecule has 2 aromatic heterocycles. The average molecular weight is 865 g/mol. The number of aromatic nitrogens is 1. The van der Waals surface area contributed by atoms with E-state index < -0.39 is 0 Å². The third-order valence-corrected chi connectivity index (χ3v) is 15.9. The van der Waals surface area contributed by atoms with Crippen LogP contribution in [0.25, 0.3) is 78.2 Å². The Morgan fingerprint density at radius 2 is 1.22 bits per heavy atom. The molecule has 0 saturated heterocycles. The molecule has 0 saturated carbocycles. The van der Waals surface area contributed by atoms with Gasteiger partial charge in [-0.2, -0.15) is 0 Å². The van der Waals surface area contributed by atoms with Crippen LogP contribution >= 0.6 is 0 Å². The molecule has 0 radical (unpaired) electrons. The average Bonchev–Trinajstić information content (AvgIpc) is 4.11. The number of benzene rings is 7. The Balaban J connectivity index is 1.08. The molecule has 0 amide bonds. The SMILES string of the molecule is CCC12C=C3C(=C1)C(C)(C)c1cccc(c13)C1=NC(c3cccc4c3-c3ccccc3C4(C)C)=N/C(=c3/c(oc4ccc(-c5ccc6c(c5)c5ccccc5n6-c5ccccc5)cc34)=C\2)N1C. The largest absolute Gasteiger partial charge is 0.456 e. The number of nitrogens with zero attached hydrogens (tertiary/aromatic N) is 4. The minimum Gasteiger partial charge on any atom is -0.456 e. The zero-order valence-electron chi connectivity index (χ0n) is 38.6. The molecule has 67 heavy (non-hydrogen) atoms. The van der Waals surface area contributed by atoms with Crippen LogP contribution in [0.1, 0.15) is 74.4 Å². The minimum absolute atomic E-state index is 0.167. The van der Waals surface area contributed by atoms with Gasteiger partial charge < -0.3 is 13.9 Å². The van der Waals surface area contributed by atoms with Crippen LogP contribution in [0.3, 0.4) is 0 Å². The molecular weight excluding hydrogens is 817 g/mol. The Morgan fingerprint density at radius 1 is 0.552 bits per heavy atom. The van der Waals surface area contributed by atoms with Gasteiger partial charge in [-0.3, -0.25) is 0 Å².